The van der Waals surface area contributed by atoms with Crippen LogP contribution in [0.15, 0.2) is 24.7 Å². The van der Waals surface area contributed by atoms with E-state index in [1.54, 1.807) is 33.5 Å². The molecule has 3 aromatic rings. The Bertz CT molecular complexity index is 847. The number of nitrogens with zero attached hydrogens (tertiary/aromatic N) is 6. The third-order valence-electron chi connectivity index (χ3n) is 3.53. The van der Waals surface area contributed by atoms with Crippen molar-refractivity contribution in [3.8, 4) is 0 Å². The molecule has 114 valence electrons. The van der Waals surface area contributed by atoms with Crippen molar-refractivity contribution < 1.29 is 4.79 Å². The van der Waals surface area contributed by atoms with Crippen molar-refractivity contribution >= 4 is 11.6 Å². The van der Waals surface area contributed by atoms with E-state index < -0.39 is 0 Å². The third kappa shape index (κ3) is 2.45. The van der Waals surface area contributed by atoms with Gasteiger partial charge < -0.3 is 4.90 Å². The minimum atomic E-state index is -0.101. The minimum Gasteiger partial charge on any atom is -0.337 e. The molecule has 3 rings (SSSR count). The lowest BCUT2D eigenvalue weighted by atomic mass is 10.2. The summed E-state index contributed by atoms with van der Waals surface area (Å²) in [5.74, 6) is -0.101. The lowest BCUT2D eigenvalue weighted by molar-refractivity contribution is 0.0787. The number of fused-ring (bicyclic) bond motifs is 1. The minimum absolute atomic E-state index is 0.101. The van der Waals surface area contributed by atoms with Crippen LogP contribution in [0.25, 0.3) is 5.65 Å². The maximum atomic E-state index is 12.7. The normalized spacial score (nSPS) is 11.1. The number of amides is 1. The summed E-state index contributed by atoms with van der Waals surface area (Å²) in [4.78, 5) is 18.8. The highest BCUT2D eigenvalue weighted by atomic mass is 16.2. The molecule has 0 unspecified atom stereocenters. The van der Waals surface area contributed by atoms with E-state index in [9.17, 15) is 4.79 Å². The van der Waals surface area contributed by atoms with Crippen molar-refractivity contribution in [2.75, 3.05) is 7.05 Å². The monoisotopic (exact) mass is 298 g/mol. The Labute approximate surface area is 128 Å². The lowest BCUT2D eigenvalue weighted by Crippen LogP contribution is -2.26. The molecule has 0 atom stereocenters. The molecule has 0 fully saturated rings. The van der Waals surface area contributed by atoms with E-state index in [4.69, 9.17) is 0 Å². The van der Waals surface area contributed by atoms with E-state index in [0.29, 0.717) is 17.8 Å². The molecule has 0 aliphatic carbocycles. The van der Waals surface area contributed by atoms with Gasteiger partial charge in [0, 0.05) is 43.8 Å². The van der Waals surface area contributed by atoms with Crippen LogP contribution < -0.4 is 0 Å². The first-order valence-corrected chi connectivity index (χ1v) is 7.00. The van der Waals surface area contributed by atoms with Crippen LogP contribution in [0.5, 0.6) is 0 Å². The second kappa shape index (κ2) is 5.25. The smallest absolute Gasteiger partial charge is 0.259 e. The van der Waals surface area contributed by atoms with Crippen LogP contribution in [0.3, 0.4) is 0 Å². The van der Waals surface area contributed by atoms with E-state index in [2.05, 4.69) is 15.2 Å². The predicted molar refractivity (Wildman–Crippen MR) is 81.5 cm³/mol. The van der Waals surface area contributed by atoms with Crippen molar-refractivity contribution in [3.05, 3.63) is 47.2 Å². The molecule has 0 aliphatic heterocycles. The molecular weight excluding hydrogens is 280 g/mol. The average Bonchev–Trinajstić information content (AvgIpc) is 3.04. The summed E-state index contributed by atoms with van der Waals surface area (Å²) in [6.07, 6.45) is 5.23. The van der Waals surface area contributed by atoms with E-state index in [1.807, 2.05) is 33.2 Å². The van der Waals surface area contributed by atoms with Gasteiger partial charge in [0.05, 0.1) is 12.4 Å². The van der Waals surface area contributed by atoms with Gasteiger partial charge in [-0.05, 0) is 19.9 Å². The Morgan fingerprint density at radius 3 is 2.73 bits per heavy atom. The molecule has 7 heteroatoms. The van der Waals surface area contributed by atoms with Gasteiger partial charge in [-0.3, -0.25) is 9.48 Å². The highest BCUT2D eigenvalue weighted by Crippen LogP contribution is 2.14. The first kappa shape index (κ1) is 14.2. The molecule has 0 N–H and O–H groups in total. The van der Waals surface area contributed by atoms with E-state index in [-0.39, 0.29) is 5.91 Å². The zero-order chi connectivity index (χ0) is 15.9. The van der Waals surface area contributed by atoms with Crippen molar-refractivity contribution in [2.24, 2.45) is 7.05 Å². The van der Waals surface area contributed by atoms with Gasteiger partial charge in [0.2, 0.25) is 0 Å². The van der Waals surface area contributed by atoms with Crippen LogP contribution in [-0.4, -0.2) is 42.2 Å². The van der Waals surface area contributed by atoms with Crippen molar-refractivity contribution in [1.82, 2.24) is 29.3 Å². The summed E-state index contributed by atoms with van der Waals surface area (Å²) in [7, 11) is 3.62. The number of hydrogen-bond donors (Lipinski definition) is 0. The number of carbonyl (C=O) groups excluding carboxylic acids is 1. The fraction of sp³-hybridized carbons (Fsp3) is 0.333. The van der Waals surface area contributed by atoms with Gasteiger partial charge >= 0.3 is 0 Å². The van der Waals surface area contributed by atoms with Crippen molar-refractivity contribution in [2.45, 2.75) is 20.4 Å². The van der Waals surface area contributed by atoms with Gasteiger partial charge in [-0.15, -0.1) is 0 Å². The molecule has 7 nitrogen and oxygen atoms in total. The number of aryl methyl sites for hydroxylation is 3. The lowest BCUT2D eigenvalue weighted by Gasteiger charge is -2.15. The van der Waals surface area contributed by atoms with E-state index in [0.717, 1.165) is 17.0 Å². The molecule has 0 radical (unpaired) electrons. The Morgan fingerprint density at radius 2 is 2.05 bits per heavy atom. The van der Waals surface area contributed by atoms with Crippen molar-refractivity contribution in [1.29, 1.82) is 0 Å². The largest absolute Gasteiger partial charge is 0.337 e. The van der Waals surface area contributed by atoms with Gasteiger partial charge in [-0.25, -0.2) is 9.50 Å². The van der Waals surface area contributed by atoms with Gasteiger partial charge in [0.15, 0.2) is 5.65 Å². The Kier molecular flexibility index (Phi) is 3.40. The van der Waals surface area contributed by atoms with Crippen LogP contribution in [-0.2, 0) is 13.6 Å². The topological polar surface area (TPSA) is 68.3 Å². The summed E-state index contributed by atoms with van der Waals surface area (Å²) in [6.45, 7) is 4.35. The van der Waals surface area contributed by atoms with Crippen LogP contribution >= 0.6 is 0 Å². The molecular formula is C15H18N6O. The van der Waals surface area contributed by atoms with E-state index >= 15 is 0 Å². The molecule has 1 amide bonds. The Balaban J connectivity index is 1.91. The molecule has 0 aliphatic rings. The van der Waals surface area contributed by atoms with Crippen LogP contribution in [0.4, 0.5) is 0 Å². The maximum Gasteiger partial charge on any atom is 0.259 e. The number of carbonyl (C=O) groups is 1. The van der Waals surface area contributed by atoms with Gasteiger partial charge in [-0.2, -0.15) is 10.2 Å². The molecule has 0 saturated carbocycles. The predicted octanol–water partition coefficient (Wildman–Crippen LogP) is 1.35. The molecule has 0 aromatic carbocycles. The average molecular weight is 298 g/mol. The van der Waals surface area contributed by atoms with Gasteiger partial charge in [-0.1, -0.05) is 0 Å². The molecule has 0 saturated heterocycles. The summed E-state index contributed by atoms with van der Waals surface area (Å²) < 4.78 is 3.41. The summed E-state index contributed by atoms with van der Waals surface area (Å²) in [5.41, 5.74) is 3.92. The fourth-order valence-electron chi connectivity index (χ4n) is 2.53. The molecule has 3 aromatic heterocycles. The maximum absolute atomic E-state index is 12.7. The van der Waals surface area contributed by atoms with Crippen LogP contribution in [0, 0.1) is 13.8 Å². The standard InChI is InChI=1S/C15H18N6O/c1-10-5-11(2)21-14(18-10)13(7-17-21)15(22)19(3)8-12-6-16-20(4)9-12/h5-7,9H,8H2,1-4H3. The Morgan fingerprint density at radius 1 is 1.27 bits per heavy atom. The summed E-state index contributed by atoms with van der Waals surface area (Å²) >= 11 is 0. The van der Waals surface area contributed by atoms with Gasteiger partial charge in [0.1, 0.15) is 5.56 Å². The van der Waals surface area contributed by atoms with E-state index in [1.165, 1.54) is 0 Å². The fourth-order valence-corrected chi connectivity index (χ4v) is 2.53. The van der Waals surface area contributed by atoms with Gasteiger partial charge in [0.25, 0.3) is 5.91 Å². The van der Waals surface area contributed by atoms with Crippen LogP contribution in [0.1, 0.15) is 27.3 Å². The molecule has 0 spiro atoms. The zero-order valence-electron chi connectivity index (χ0n) is 13.1. The molecule has 0 bridgehead atoms. The molecule has 22 heavy (non-hydrogen) atoms. The highest BCUT2D eigenvalue weighted by molar-refractivity contribution is 5.99. The third-order valence-corrected chi connectivity index (χ3v) is 3.53. The van der Waals surface area contributed by atoms with Crippen LogP contribution in [0.2, 0.25) is 0 Å². The quantitative estimate of drug-likeness (QED) is 0.732. The second-order valence-electron chi connectivity index (χ2n) is 5.52. The number of aromatic nitrogens is 5. The highest BCUT2D eigenvalue weighted by Gasteiger charge is 2.19. The van der Waals surface area contributed by atoms with Crippen molar-refractivity contribution in [3.63, 3.8) is 0 Å². The first-order valence-electron chi connectivity index (χ1n) is 7.00. The zero-order valence-corrected chi connectivity index (χ0v) is 13.1. The summed E-state index contributed by atoms with van der Waals surface area (Å²) in [5, 5.41) is 8.38. The SMILES string of the molecule is Cc1cc(C)n2ncc(C(=O)N(C)Cc3cnn(C)c3)c2n1. The number of hydrogen-bond acceptors (Lipinski definition) is 4. The molecule has 3 heterocycles. The Hall–Kier alpha value is -2.70. The number of rotatable bonds is 3. The summed E-state index contributed by atoms with van der Waals surface area (Å²) in [6, 6.07) is 1.94. The second-order valence-corrected chi connectivity index (χ2v) is 5.52. The first-order chi connectivity index (χ1) is 10.5.